The summed E-state index contributed by atoms with van der Waals surface area (Å²) in [5.41, 5.74) is 1.09. The molecule has 3 rings (SSSR count). The number of hydrogen-bond acceptors (Lipinski definition) is 3. The highest BCUT2D eigenvalue weighted by Crippen LogP contribution is 2.24. The molecule has 0 aliphatic rings. The number of furan rings is 1. The zero-order valence-corrected chi connectivity index (χ0v) is 10.8. The lowest BCUT2D eigenvalue weighted by atomic mass is 10.0. The van der Waals surface area contributed by atoms with Crippen molar-refractivity contribution in [1.82, 2.24) is 4.98 Å². The molecule has 3 nitrogen and oxygen atoms in total. The molecule has 18 heavy (non-hydrogen) atoms. The number of rotatable bonds is 2. The van der Waals surface area contributed by atoms with Crippen molar-refractivity contribution in [2.24, 2.45) is 0 Å². The molecule has 0 amide bonds. The highest BCUT2D eigenvalue weighted by atomic mass is 79.9. The molecule has 0 saturated heterocycles. The van der Waals surface area contributed by atoms with E-state index < -0.39 is 0 Å². The van der Waals surface area contributed by atoms with Gasteiger partial charge in [-0.1, -0.05) is 24.3 Å². The van der Waals surface area contributed by atoms with Crippen LogP contribution in [0.15, 0.2) is 58.1 Å². The topological polar surface area (TPSA) is 43.1 Å². The summed E-state index contributed by atoms with van der Waals surface area (Å²) in [6.45, 7) is 0. The number of hydrogen-bond donors (Lipinski definition) is 0. The number of carbonyl (C=O) groups excluding carboxylic acids is 1. The van der Waals surface area contributed by atoms with Crippen molar-refractivity contribution in [1.29, 1.82) is 0 Å². The van der Waals surface area contributed by atoms with Gasteiger partial charge in [0.25, 0.3) is 0 Å². The Labute approximate surface area is 112 Å². The molecule has 0 atom stereocenters. The maximum Gasteiger partial charge on any atom is 0.199 e. The van der Waals surface area contributed by atoms with Crippen LogP contribution in [0.4, 0.5) is 0 Å². The molecule has 2 heterocycles. The van der Waals surface area contributed by atoms with E-state index in [0.717, 1.165) is 10.8 Å². The van der Waals surface area contributed by atoms with Gasteiger partial charge in [0.1, 0.15) is 0 Å². The molecular formula is C14H8BrNO2. The zero-order valence-electron chi connectivity index (χ0n) is 9.26. The van der Waals surface area contributed by atoms with Crippen molar-refractivity contribution in [3.63, 3.8) is 0 Å². The SMILES string of the molecule is O=C(c1ccoc1Br)c1cncc2ccccc12. The predicted molar refractivity (Wildman–Crippen MR) is 71.6 cm³/mol. The van der Waals surface area contributed by atoms with Crippen LogP contribution in [0.1, 0.15) is 15.9 Å². The van der Waals surface area contributed by atoms with Gasteiger partial charge in [0, 0.05) is 23.3 Å². The summed E-state index contributed by atoms with van der Waals surface area (Å²) >= 11 is 3.22. The monoisotopic (exact) mass is 301 g/mol. The van der Waals surface area contributed by atoms with Gasteiger partial charge in [-0.2, -0.15) is 0 Å². The van der Waals surface area contributed by atoms with Crippen molar-refractivity contribution >= 4 is 32.5 Å². The summed E-state index contributed by atoms with van der Waals surface area (Å²) in [6, 6.07) is 9.32. The molecule has 4 heteroatoms. The largest absolute Gasteiger partial charge is 0.457 e. The Hall–Kier alpha value is -1.94. The number of ketones is 1. The Morgan fingerprint density at radius 1 is 1.11 bits per heavy atom. The van der Waals surface area contributed by atoms with Crippen molar-refractivity contribution < 1.29 is 9.21 Å². The fourth-order valence-corrected chi connectivity index (χ4v) is 2.32. The van der Waals surface area contributed by atoms with Crippen LogP contribution in [0.3, 0.4) is 0 Å². The summed E-state index contributed by atoms with van der Waals surface area (Å²) in [7, 11) is 0. The van der Waals surface area contributed by atoms with Gasteiger partial charge in [-0.15, -0.1) is 0 Å². The first-order chi connectivity index (χ1) is 8.77. The van der Waals surface area contributed by atoms with E-state index in [2.05, 4.69) is 20.9 Å². The van der Waals surface area contributed by atoms with Crippen LogP contribution in [0.25, 0.3) is 10.8 Å². The fraction of sp³-hybridized carbons (Fsp3) is 0. The molecule has 0 unspecified atom stereocenters. The molecule has 0 fully saturated rings. The molecule has 0 bridgehead atoms. The van der Waals surface area contributed by atoms with E-state index in [-0.39, 0.29) is 5.78 Å². The van der Waals surface area contributed by atoms with Crippen molar-refractivity contribution in [3.05, 3.63) is 64.8 Å². The normalized spacial score (nSPS) is 10.7. The quantitative estimate of drug-likeness (QED) is 0.676. The minimum atomic E-state index is -0.0973. The Balaban J connectivity index is 2.21. The van der Waals surface area contributed by atoms with Gasteiger partial charge < -0.3 is 4.42 Å². The lowest BCUT2D eigenvalue weighted by Gasteiger charge is -2.03. The predicted octanol–water partition coefficient (Wildman–Crippen LogP) is 3.82. The van der Waals surface area contributed by atoms with E-state index in [1.807, 2.05) is 24.3 Å². The molecule has 3 aromatic rings. The molecule has 0 spiro atoms. The molecule has 0 radical (unpaired) electrons. The van der Waals surface area contributed by atoms with Gasteiger partial charge in [0.2, 0.25) is 0 Å². The van der Waals surface area contributed by atoms with Gasteiger partial charge in [0.15, 0.2) is 10.5 Å². The molecule has 0 N–H and O–H groups in total. The Kier molecular flexibility index (Phi) is 2.72. The van der Waals surface area contributed by atoms with Crippen LogP contribution < -0.4 is 0 Å². The Bertz CT molecular complexity index is 728. The summed E-state index contributed by atoms with van der Waals surface area (Å²) in [4.78, 5) is 16.5. The van der Waals surface area contributed by atoms with Crippen molar-refractivity contribution in [2.75, 3.05) is 0 Å². The van der Waals surface area contributed by atoms with Gasteiger partial charge >= 0.3 is 0 Å². The van der Waals surface area contributed by atoms with Crippen LogP contribution >= 0.6 is 15.9 Å². The molecule has 1 aromatic carbocycles. The average Bonchev–Trinajstić information content (AvgIpc) is 2.83. The second-order valence-corrected chi connectivity index (χ2v) is 4.57. The minimum Gasteiger partial charge on any atom is -0.457 e. The number of aromatic nitrogens is 1. The minimum absolute atomic E-state index is 0.0973. The number of pyridine rings is 1. The number of nitrogens with zero attached hydrogens (tertiary/aromatic N) is 1. The molecule has 2 aromatic heterocycles. The number of halogens is 1. The summed E-state index contributed by atoms with van der Waals surface area (Å²) < 4.78 is 5.54. The molecule has 0 saturated carbocycles. The van der Waals surface area contributed by atoms with Crippen LogP contribution in [0, 0.1) is 0 Å². The Morgan fingerprint density at radius 3 is 2.72 bits per heavy atom. The van der Waals surface area contributed by atoms with E-state index in [1.165, 1.54) is 6.26 Å². The fourth-order valence-electron chi connectivity index (χ4n) is 1.90. The van der Waals surface area contributed by atoms with Crippen LogP contribution in [-0.2, 0) is 0 Å². The number of carbonyl (C=O) groups is 1. The number of benzene rings is 1. The average molecular weight is 302 g/mol. The Morgan fingerprint density at radius 2 is 1.94 bits per heavy atom. The van der Waals surface area contributed by atoms with E-state index in [0.29, 0.717) is 15.8 Å². The smallest absolute Gasteiger partial charge is 0.199 e. The van der Waals surface area contributed by atoms with Gasteiger partial charge in [-0.3, -0.25) is 9.78 Å². The van der Waals surface area contributed by atoms with Crippen LogP contribution in [0.2, 0.25) is 0 Å². The van der Waals surface area contributed by atoms with Gasteiger partial charge in [0.05, 0.1) is 11.8 Å². The summed E-state index contributed by atoms with van der Waals surface area (Å²) in [6.07, 6.45) is 4.82. The highest BCUT2D eigenvalue weighted by Gasteiger charge is 2.17. The van der Waals surface area contributed by atoms with Crippen molar-refractivity contribution in [2.45, 2.75) is 0 Å². The third kappa shape index (κ3) is 1.75. The third-order valence-corrected chi connectivity index (χ3v) is 3.39. The van der Waals surface area contributed by atoms with E-state index in [4.69, 9.17) is 4.42 Å². The van der Waals surface area contributed by atoms with Gasteiger partial charge in [-0.25, -0.2) is 0 Å². The summed E-state index contributed by atoms with van der Waals surface area (Å²) in [5, 5.41) is 1.84. The molecule has 88 valence electrons. The van der Waals surface area contributed by atoms with E-state index in [1.54, 1.807) is 18.5 Å². The molecule has 0 aliphatic carbocycles. The van der Waals surface area contributed by atoms with Crippen molar-refractivity contribution in [3.8, 4) is 0 Å². The second kappa shape index (κ2) is 4.38. The van der Waals surface area contributed by atoms with E-state index >= 15 is 0 Å². The third-order valence-electron chi connectivity index (χ3n) is 2.78. The standard InChI is InChI=1S/C14H8BrNO2/c15-14-11(5-6-18-14)13(17)12-8-16-7-9-3-1-2-4-10(9)12/h1-8H. The number of fused-ring (bicyclic) bond motifs is 1. The lowest BCUT2D eigenvalue weighted by molar-refractivity contribution is 0.103. The maximum absolute atomic E-state index is 12.4. The highest BCUT2D eigenvalue weighted by molar-refractivity contribution is 9.10. The maximum atomic E-state index is 12.4. The first kappa shape index (κ1) is 11.2. The first-order valence-electron chi connectivity index (χ1n) is 5.38. The van der Waals surface area contributed by atoms with Gasteiger partial charge in [-0.05, 0) is 27.4 Å². The molecular weight excluding hydrogens is 294 g/mol. The summed E-state index contributed by atoms with van der Waals surface area (Å²) in [5.74, 6) is -0.0973. The molecule has 0 aliphatic heterocycles. The second-order valence-electron chi connectivity index (χ2n) is 3.85. The van der Waals surface area contributed by atoms with E-state index in [9.17, 15) is 4.79 Å². The zero-order chi connectivity index (χ0) is 12.5. The van der Waals surface area contributed by atoms with Crippen LogP contribution in [0.5, 0.6) is 0 Å². The lowest BCUT2D eigenvalue weighted by Crippen LogP contribution is -2.02. The first-order valence-corrected chi connectivity index (χ1v) is 6.17. The van der Waals surface area contributed by atoms with Crippen LogP contribution in [-0.4, -0.2) is 10.8 Å².